The summed E-state index contributed by atoms with van der Waals surface area (Å²) in [5.41, 5.74) is 8.32. The van der Waals surface area contributed by atoms with Crippen LogP contribution in [0, 0.1) is 0 Å². The largest absolute Gasteiger partial charge is 0.456 e. The molecule has 0 aliphatic rings. The van der Waals surface area contributed by atoms with Gasteiger partial charge in [0.2, 0.25) is 0 Å². The molecule has 0 fully saturated rings. The first-order chi connectivity index (χ1) is 25.7. The smallest absolute Gasteiger partial charge is 0.167 e. The predicted molar refractivity (Wildman–Crippen MR) is 211 cm³/mol. The molecule has 0 saturated carbocycles. The summed E-state index contributed by atoms with van der Waals surface area (Å²) in [6, 6.07) is 56.5. The van der Waals surface area contributed by atoms with E-state index < -0.39 is 0 Å². The Labute approximate surface area is 297 Å². The van der Waals surface area contributed by atoms with Crippen molar-refractivity contribution in [2.75, 3.05) is 0 Å². The monoisotopic (exact) mass is 665 g/mol. The molecule has 3 heterocycles. The molecule has 0 amide bonds. The Balaban J connectivity index is 1.07. The molecule has 5 nitrogen and oxygen atoms in total. The van der Waals surface area contributed by atoms with Crippen LogP contribution in [-0.4, -0.2) is 15.0 Å². The second kappa shape index (κ2) is 11.2. The zero-order valence-electron chi connectivity index (χ0n) is 27.7. The van der Waals surface area contributed by atoms with Crippen LogP contribution in [0.5, 0.6) is 0 Å². The summed E-state index contributed by atoms with van der Waals surface area (Å²) in [6.07, 6.45) is 0. The molecule has 5 heteroatoms. The van der Waals surface area contributed by atoms with Gasteiger partial charge in [0.05, 0.1) is 5.56 Å². The molecule has 0 unspecified atom stereocenters. The van der Waals surface area contributed by atoms with E-state index in [0.717, 1.165) is 87.9 Å². The van der Waals surface area contributed by atoms with Crippen LogP contribution in [0.2, 0.25) is 0 Å². The van der Waals surface area contributed by atoms with Gasteiger partial charge in [0.15, 0.2) is 17.5 Å². The Morgan fingerprint density at radius 2 is 0.846 bits per heavy atom. The summed E-state index contributed by atoms with van der Waals surface area (Å²) >= 11 is 0. The van der Waals surface area contributed by atoms with Gasteiger partial charge in [-0.15, -0.1) is 0 Å². The van der Waals surface area contributed by atoms with Crippen molar-refractivity contribution in [2.24, 2.45) is 0 Å². The van der Waals surface area contributed by atoms with Gasteiger partial charge in [-0.1, -0.05) is 121 Å². The number of benzene rings is 8. The molecule has 8 aromatic carbocycles. The normalized spacial score (nSPS) is 11.8. The number of rotatable bonds is 4. The molecule has 11 aromatic rings. The van der Waals surface area contributed by atoms with Crippen molar-refractivity contribution in [1.82, 2.24) is 15.0 Å². The Kier molecular flexibility index (Phi) is 6.18. The second-order valence-electron chi connectivity index (χ2n) is 13.2. The average molecular weight is 666 g/mol. The summed E-state index contributed by atoms with van der Waals surface area (Å²) in [4.78, 5) is 15.3. The van der Waals surface area contributed by atoms with Crippen molar-refractivity contribution >= 4 is 65.4 Å². The summed E-state index contributed by atoms with van der Waals surface area (Å²) in [5.74, 6) is 1.77. The third-order valence-corrected chi connectivity index (χ3v) is 10.1. The first-order valence-electron chi connectivity index (χ1n) is 17.3. The van der Waals surface area contributed by atoms with Crippen molar-refractivity contribution < 1.29 is 8.83 Å². The molecule has 11 rings (SSSR count). The average Bonchev–Trinajstić information content (AvgIpc) is 3.79. The highest BCUT2D eigenvalue weighted by molar-refractivity contribution is 6.13. The SMILES string of the molecule is c1ccc2cc(-c3nc(-c4ccc5cc(-c6cccc7oc8ccccc8c67)ccc5c4)nc(-c4cccc5c4oc4ccccc45)n3)ccc2c1. The van der Waals surface area contributed by atoms with E-state index in [0.29, 0.717) is 17.5 Å². The Bertz CT molecular complexity index is 3210. The number of fused-ring (bicyclic) bond motifs is 8. The van der Waals surface area contributed by atoms with Crippen LogP contribution in [0.25, 0.3) is 111 Å². The fourth-order valence-electron chi connectivity index (χ4n) is 7.57. The molecule has 0 spiro atoms. The lowest BCUT2D eigenvalue weighted by atomic mass is 9.96. The van der Waals surface area contributed by atoms with E-state index in [1.165, 1.54) is 5.39 Å². The number of para-hydroxylation sites is 3. The molecular formula is C47H27N3O2. The van der Waals surface area contributed by atoms with Crippen LogP contribution in [-0.2, 0) is 0 Å². The minimum atomic E-state index is 0.564. The third kappa shape index (κ3) is 4.53. The van der Waals surface area contributed by atoms with E-state index in [2.05, 4.69) is 115 Å². The van der Waals surface area contributed by atoms with Crippen LogP contribution in [0.4, 0.5) is 0 Å². The lowest BCUT2D eigenvalue weighted by molar-refractivity contribution is 0.669. The molecule has 0 N–H and O–H groups in total. The van der Waals surface area contributed by atoms with Gasteiger partial charge in [0.25, 0.3) is 0 Å². The summed E-state index contributed by atoms with van der Waals surface area (Å²) in [6.45, 7) is 0. The standard InChI is InChI=1S/C47H27N3O2/c1-2-10-29-26-33(23-19-28(29)9-1)45-48-46(50-47(49-45)39-15-7-14-37-36-11-3-5-16-40(36)52-44(37)39)34-24-21-30-25-32(22-20-31(30)27-34)35-13-8-18-42-43(35)38-12-4-6-17-41(38)51-42/h1-27H. The van der Waals surface area contributed by atoms with Crippen molar-refractivity contribution in [1.29, 1.82) is 0 Å². The maximum Gasteiger partial charge on any atom is 0.167 e. The summed E-state index contributed by atoms with van der Waals surface area (Å²) in [5, 5.41) is 8.86. The van der Waals surface area contributed by atoms with E-state index in [4.69, 9.17) is 23.8 Å². The summed E-state index contributed by atoms with van der Waals surface area (Å²) in [7, 11) is 0. The Morgan fingerprint density at radius 1 is 0.327 bits per heavy atom. The molecule has 0 bridgehead atoms. The molecule has 0 radical (unpaired) electrons. The molecule has 3 aromatic heterocycles. The van der Waals surface area contributed by atoms with E-state index in [1.54, 1.807) is 0 Å². The van der Waals surface area contributed by atoms with Crippen molar-refractivity contribution in [2.45, 2.75) is 0 Å². The highest BCUT2D eigenvalue weighted by Gasteiger charge is 2.18. The lowest BCUT2D eigenvalue weighted by Crippen LogP contribution is -2.00. The summed E-state index contributed by atoms with van der Waals surface area (Å²) < 4.78 is 12.6. The number of hydrogen-bond acceptors (Lipinski definition) is 5. The maximum absolute atomic E-state index is 6.43. The van der Waals surface area contributed by atoms with Gasteiger partial charge in [-0.2, -0.15) is 0 Å². The number of hydrogen-bond donors (Lipinski definition) is 0. The van der Waals surface area contributed by atoms with Gasteiger partial charge in [-0.25, -0.2) is 15.0 Å². The first kappa shape index (κ1) is 28.7. The van der Waals surface area contributed by atoms with E-state index >= 15 is 0 Å². The van der Waals surface area contributed by atoms with Gasteiger partial charge in [0.1, 0.15) is 22.3 Å². The Hall–Kier alpha value is -7.11. The van der Waals surface area contributed by atoms with Crippen LogP contribution < -0.4 is 0 Å². The fourth-order valence-corrected chi connectivity index (χ4v) is 7.57. The van der Waals surface area contributed by atoms with Gasteiger partial charge in [0, 0.05) is 32.7 Å². The molecule has 242 valence electrons. The third-order valence-electron chi connectivity index (χ3n) is 10.1. The zero-order valence-corrected chi connectivity index (χ0v) is 27.7. The topological polar surface area (TPSA) is 65.0 Å². The van der Waals surface area contributed by atoms with Gasteiger partial charge in [-0.3, -0.25) is 0 Å². The minimum absolute atomic E-state index is 0.564. The molecule has 0 saturated heterocycles. The first-order valence-corrected chi connectivity index (χ1v) is 17.3. The second-order valence-corrected chi connectivity index (χ2v) is 13.2. The van der Waals surface area contributed by atoms with Crippen LogP contribution in [0.15, 0.2) is 173 Å². The molecule has 52 heavy (non-hydrogen) atoms. The van der Waals surface area contributed by atoms with E-state index in [1.807, 2.05) is 48.5 Å². The van der Waals surface area contributed by atoms with Crippen molar-refractivity contribution in [3.05, 3.63) is 164 Å². The molecular weight excluding hydrogens is 639 g/mol. The van der Waals surface area contributed by atoms with Crippen molar-refractivity contribution in [3.63, 3.8) is 0 Å². The zero-order chi connectivity index (χ0) is 34.2. The highest BCUT2D eigenvalue weighted by Crippen LogP contribution is 2.39. The van der Waals surface area contributed by atoms with Crippen molar-refractivity contribution in [3.8, 4) is 45.3 Å². The highest BCUT2D eigenvalue weighted by atomic mass is 16.3. The Morgan fingerprint density at radius 3 is 1.63 bits per heavy atom. The maximum atomic E-state index is 6.43. The lowest BCUT2D eigenvalue weighted by Gasteiger charge is -2.11. The minimum Gasteiger partial charge on any atom is -0.456 e. The quantitative estimate of drug-likeness (QED) is 0.187. The van der Waals surface area contributed by atoms with E-state index in [9.17, 15) is 0 Å². The fraction of sp³-hybridized carbons (Fsp3) is 0. The van der Waals surface area contributed by atoms with Crippen LogP contribution in [0.1, 0.15) is 0 Å². The molecule has 0 aliphatic heterocycles. The predicted octanol–water partition coefficient (Wildman–Crippen LogP) is 12.6. The van der Waals surface area contributed by atoms with Gasteiger partial charge in [-0.05, 0) is 75.1 Å². The number of furan rings is 2. The van der Waals surface area contributed by atoms with Crippen LogP contribution >= 0.6 is 0 Å². The van der Waals surface area contributed by atoms with Crippen LogP contribution in [0.3, 0.4) is 0 Å². The van der Waals surface area contributed by atoms with E-state index in [-0.39, 0.29) is 0 Å². The number of aromatic nitrogens is 3. The van der Waals surface area contributed by atoms with Gasteiger partial charge >= 0.3 is 0 Å². The number of nitrogens with zero attached hydrogens (tertiary/aromatic N) is 3. The van der Waals surface area contributed by atoms with Gasteiger partial charge < -0.3 is 8.83 Å². The molecule has 0 aliphatic carbocycles. The molecule has 0 atom stereocenters.